The van der Waals surface area contributed by atoms with Gasteiger partial charge in [-0.3, -0.25) is 0 Å². The van der Waals surface area contributed by atoms with Crippen molar-refractivity contribution in [2.24, 2.45) is 0 Å². The molecule has 0 bridgehead atoms. The molecule has 2 N–H and O–H groups in total. The molecule has 0 aliphatic rings. The first-order valence-electron chi connectivity index (χ1n) is 6.21. The Morgan fingerprint density at radius 3 is 2.37 bits per heavy atom. The van der Waals surface area contributed by atoms with Crippen molar-refractivity contribution in [3.05, 3.63) is 29.6 Å². The Bertz CT molecular complexity index is 531. The Morgan fingerprint density at radius 1 is 1.32 bits per heavy atom. The molecule has 0 aliphatic heterocycles. The van der Waals surface area contributed by atoms with E-state index in [9.17, 15) is 17.9 Å². The molecule has 0 radical (unpaired) electrons. The number of aliphatic hydroxyl groups excluding tert-OH is 1. The Hall–Kier alpha value is -0.980. The van der Waals surface area contributed by atoms with Gasteiger partial charge in [-0.2, -0.15) is 0 Å². The minimum Gasteiger partial charge on any atom is -0.394 e. The van der Waals surface area contributed by atoms with E-state index in [1.54, 1.807) is 20.8 Å². The number of rotatable bonds is 6. The summed E-state index contributed by atoms with van der Waals surface area (Å²) in [6.07, 6.45) is 0.904. The zero-order valence-corrected chi connectivity index (χ0v) is 12.2. The lowest BCUT2D eigenvalue weighted by molar-refractivity contribution is 0.172. The van der Waals surface area contributed by atoms with Crippen LogP contribution in [0.5, 0.6) is 0 Å². The van der Waals surface area contributed by atoms with E-state index in [0.717, 1.165) is 6.07 Å². The van der Waals surface area contributed by atoms with Gasteiger partial charge in [-0.15, -0.1) is 0 Å². The van der Waals surface area contributed by atoms with Gasteiger partial charge in [-0.25, -0.2) is 17.5 Å². The van der Waals surface area contributed by atoms with Gasteiger partial charge in [-0.1, -0.05) is 19.9 Å². The summed E-state index contributed by atoms with van der Waals surface area (Å²) in [7, 11) is -3.86. The summed E-state index contributed by atoms with van der Waals surface area (Å²) in [5, 5.41) is 9.41. The normalized spacial score (nSPS) is 12.7. The molecule has 0 spiro atoms. The van der Waals surface area contributed by atoms with Crippen LogP contribution in [0.1, 0.15) is 32.3 Å². The molecule has 0 saturated heterocycles. The van der Waals surface area contributed by atoms with Crippen molar-refractivity contribution in [2.75, 3.05) is 6.61 Å². The van der Waals surface area contributed by atoms with E-state index in [0.29, 0.717) is 18.4 Å². The third-order valence-electron chi connectivity index (χ3n) is 3.45. The summed E-state index contributed by atoms with van der Waals surface area (Å²) in [5.41, 5.74) is -0.439. The summed E-state index contributed by atoms with van der Waals surface area (Å²) >= 11 is 0. The fraction of sp³-hybridized carbons (Fsp3) is 0.538. The number of halogens is 1. The van der Waals surface area contributed by atoms with Gasteiger partial charge in [0.1, 0.15) is 5.82 Å². The molecule has 0 aromatic heterocycles. The second-order valence-electron chi connectivity index (χ2n) is 4.66. The van der Waals surface area contributed by atoms with Gasteiger partial charge in [0.05, 0.1) is 17.0 Å². The van der Waals surface area contributed by atoms with E-state index in [-0.39, 0.29) is 11.5 Å². The molecule has 4 nitrogen and oxygen atoms in total. The van der Waals surface area contributed by atoms with Crippen molar-refractivity contribution in [3.8, 4) is 0 Å². The molecule has 0 saturated carbocycles. The van der Waals surface area contributed by atoms with Crippen LogP contribution in [-0.2, 0) is 10.0 Å². The highest BCUT2D eigenvalue weighted by Crippen LogP contribution is 2.22. The molecule has 1 rings (SSSR count). The minimum atomic E-state index is -3.86. The van der Waals surface area contributed by atoms with Crippen LogP contribution >= 0.6 is 0 Å². The fourth-order valence-corrected chi connectivity index (χ4v) is 3.65. The largest absolute Gasteiger partial charge is 0.394 e. The van der Waals surface area contributed by atoms with Crippen molar-refractivity contribution in [2.45, 2.75) is 44.0 Å². The second-order valence-corrected chi connectivity index (χ2v) is 6.31. The van der Waals surface area contributed by atoms with Crippen LogP contribution in [-0.4, -0.2) is 25.7 Å². The lowest BCUT2D eigenvalue weighted by Crippen LogP contribution is -2.50. The van der Waals surface area contributed by atoms with E-state index in [1.165, 1.54) is 12.1 Å². The van der Waals surface area contributed by atoms with Crippen molar-refractivity contribution in [3.63, 3.8) is 0 Å². The molecule has 0 unspecified atom stereocenters. The minimum absolute atomic E-state index is 0.0905. The summed E-state index contributed by atoms with van der Waals surface area (Å²) in [6, 6.07) is 3.63. The lowest BCUT2D eigenvalue weighted by Gasteiger charge is -2.30. The maximum Gasteiger partial charge on any atom is 0.241 e. The molecule has 0 amide bonds. The molecule has 0 fully saturated rings. The fourth-order valence-electron chi connectivity index (χ4n) is 1.85. The first-order chi connectivity index (χ1) is 8.80. The Labute approximate surface area is 113 Å². The number of aliphatic hydroxyl groups is 1. The molecule has 0 aliphatic carbocycles. The zero-order valence-electron chi connectivity index (χ0n) is 11.4. The van der Waals surface area contributed by atoms with Gasteiger partial charge in [0.2, 0.25) is 10.0 Å². The lowest BCUT2D eigenvalue weighted by atomic mass is 9.96. The Balaban J connectivity index is 3.21. The number of aryl methyl sites for hydroxylation is 1. The number of sulfonamides is 1. The zero-order chi connectivity index (χ0) is 14.7. The predicted molar refractivity (Wildman–Crippen MR) is 71.9 cm³/mol. The molecule has 19 heavy (non-hydrogen) atoms. The number of hydrogen-bond donors (Lipinski definition) is 2. The van der Waals surface area contributed by atoms with Gasteiger partial charge < -0.3 is 5.11 Å². The molecule has 108 valence electrons. The van der Waals surface area contributed by atoms with Crippen molar-refractivity contribution in [1.82, 2.24) is 4.72 Å². The third-order valence-corrected chi connectivity index (χ3v) is 5.17. The van der Waals surface area contributed by atoms with Crippen LogP contribution in [0.3, 0.4) is 0 Å². The maximum absolute atomic E-state index is 13.2. The smallest absolute Gasteiger partial charge is 0.241 e. The SMILES string of the molecule is CCC(CC)(CO)NS(=O)(=O)c1cc(F)ccc1C. The van der Waals surface area contributed by atoms with Crippen molar-refractivity contribution < 1.29 is 17.9 Å². The number of hydrogen-bond acceptors (Lipinski definition) is 3. The summed E-state index contributed by atoms with van der Waals surface area (Å²) in [4.78, 5) is -0.0905. The summed E-state index contributed by atoms with van der Waals surface area (Å²) < 4.78 is 40.3. The van der Waals surface area contributed by atoms with Crippen LogP contribution in [0.25, 0.3) is 0 Å². The first-order valence-corrected chi connectivity index (χ1v) is 7.69. The van der Waals surface area contributed by atoms with Crippen LogP contribution in [0.2, 0.25) is 0 Å². The van der Waals surface area contributed by atoms with Gasteiger partial charge in [0.25, 0.3) is 0 Å². The first kappa shape index (κ1) is 16.1. The monoisotopic (exact) mass is 289 g/mol. The van der Waals surface area contributed by atoms with Gasteiger partial charge in [0.15, 0.2) is 0 Å². The van der Waals surface area contributed by atoms with Crippen LogP contribution < -0.4 is 4.72 Å². The number of benzene rings is 1. The topological polar surface area (TPSA) is 66.4 Å². The molecule has 0 heterocycles. The second kappa shape index (κ2) is 5.98. The molecular weight excluding hydrogens is 269 g/mol. The molecule has 1 aromatic rings. The average Bonchev–Trinajstić information content (AvgIpc) is 2.39. The quantitative estimate of drug-likeness (QED) is 0.841. The highest BCUT2D eigenvalue weighted by Gasteiger charge is 2.32. The van der Waals surface area contributed by atoms with Crippen LogP contribution in [0.15, 0.2) is 23.1 Å². The van der Waals surface area contributed by atoms with E-state index in [2.05, 4.69) is 4.72 Å². The summed E-state index contributed by atoms with van der Waals surface area (Å²) in [6.45, 7) is 4.89. The number of nitrogens with one attached hydrogen (secondary N) is 1. The van der Waals surface area contributed by atoms with E-state index in [1.807, 2.05) is 0 Å². The van der Waals surface area contributed by atoms with Crippen LogP contribution in [0, 0.1) is 12.7 Å². The summed E-state index contributed by atoms with van der Waals surface area (Å²) in [5.74, 6) is -0.603. The Kier molecular flexibility index (Phi) is 5.06. The maximum atomic E-state index is 13.2. The van der Waals surface area contributed by atoms with Crippen molar-refractivity contribution >= 4 is 10.0 Å². The molecule has 6 heteroatoms. The molecule has 0 atom stereocenters. The third kappa shape index (κ3) is 3.52. The van der Waals surface area contributed by atoms with Gasteiger partial charge in [0, 0.05) is 0 Å². The highest BCUT2D eigenvalue weighted by molar-refractivity contribution is 7.89. The van der Waals surface area contributed by atoms with Crippen molar-refractivity contribution in [1.29, 1.82) is 0 Å². The van der Waals surface area contributed by atoms with Gasteiger partial charge in [-0.05, 0) is 37.5 Å². The van der Waals surface area contributed by atoms with E-state index < -0.39 is 21.4 Å². The van der Waals surface area contributed by atoms with E-state index >= 15 is 0 Å². The van der Waals surface area contributed by atoms with E-state index in [4.69, 9.17) is 0 Å². The van der Waals surface area contributed by atoms with Crippen LogP contribution in [0.4, 0.5) is 4.39 Å². The highest BCUT2D eigenvalue weighted by atomic mass is 32.2. The van der Waals surface area contributed by atoms with Gasteiger partial charge >= 0.3 is 0 Å². The predicted octanol–water partition coefficient (Wildman–Crippen LogP) is 1.96. The Morgan fingerprint density at radius 2 is 1.89 bits per heavy atom. The molecular formula is C13H20FNO3S. The standard InChI is InChI=1S/C13H20FNO3S/c1-4-13(5-2,9-16)15-19(17,18)12-8-11(14)7-6-10(12)3/h6-8,15-16H,4-5,9H2,1-3H3. The average molecular weight is 289 g/mol. The molecule has 1 aromatic carbocycles.